The first-order valence-electron chi connectivity index (χ1n) is 10.8. The molecule has 0 spiro atoms. The van der Waals surface area contributed by atoms with Gasteiger partial charge in [-0.1, -0.05) is 56.8 Å². The molecule has 3 aromatic rings. The van der Waals surface area contributed by atoms with Gasteiger partial charge in [-0.2, -0.15) is 0 Å². The minimum absolute atomic E-state index is 0.0313. The predicted octanol–water partition coefficient (Wildman–Crippen LogP) is -1.72. The Morgan fingerprint density at radius 3 is 1.93 bits per heavy atom. The molecule has 0 N–H and O–H groups in total. The highest BCUT2D eigenvalue weighted by Gasteiger charge is 2.27. The van der Waals surface area contributed by atoms with E-state index in [1.165, 1.54) is 55.0 Å². The first kappa shape index (κ1) is 21.7. The Morgan fingerprint density at radius 1 is 0.897 bits per heavy atom. The fourth-order valence-corrected chi connectivity index (χ4v) is 4.74. The molecule has 0 aliphatic carbocycles. The van der Waals surface area contributed by atoms with Crippen molar-refractivity contribution in [2.24, 2.45) is 0 Å². The number of furan rings is 1. The molecule has 0 saturated carbocycles. The fraction of sp³-hybridized carbons (Fsp3) is 0.304. The van der Waals surface area contributed by atoms with E-state index in [1.54, 1.807) is 0 Å². The number of allylic oxidation sites excluding steroid dienone is 1. The molecule has 1 aromatic heterocycles. The van der Waals surface area contributed by atoms with Crippen LogP contribution in [0.5, 0.6) is 0 Å². The quantitative estimate of drug-likeness (QED) is 0.495. The zero-order valence-electron chi connectivity index (χ0n) is 19.9. The van der Waals surface area contributed by atoms with E-state index in [0.29, 0.717) is 0 Å². The smallest absolute Gasteiger partial charge is 0.139 e. The highest BCUT2D eigenvalue weighted by Crippen LogP contribution is 2.40. The summed E-state index contributed by atoms with van der Waals surface area (Å²) in [6.45, 7) is 11.2. The van der Waals surface area contributed by atoms with Gasteiger partial charge in [-0.15, -0.1) is 16.4 Å². The molecular weight excluding hydrogens is 346 g/mol. The molecule has 0 saturated heterocycles. The fourth-order valence-electron chi connectivity index (χ4n) is 4.74. The van der Waals surface area contributed by atoms with Crippen LogP contribution in [0.4, 0.5) is 0 Å². The summed E-state index contributed by atoms with van der Waals surface area (Å²) < 4.78 is 6.53. The molecule has 1 heterocycles. The van der Waals surface area contributed by atoms with Gasteiger partial charge >= 0.3 is 0 Å². The van der Waals surface area contributed by atoms with Gasteiger partial charge in [0.1, 0.15) is 50.6 Å². The second-order valence-electron chi connectivity index (χ2n) is 9.41. The summed E-state index contributed by atoms with van der Waals surface area (Å²) in [5.41, 5.74) is 13.3. The second-order valence-corrected chi connectivity index (χ2v) is 9.41. The van der Waals surface area contributed by atoms with Gasteiger partial charge < -0.3 is 4.42 Å². The number of fused-ring (bicyclic) bond motifs is 1. The summed E-state index contributed by atoms with van der Waals surface area (Å²) in [6, 6.07) is 4.61. The van der Waals surface area contributed by atoms with Gasteiger partial charge in [-0.3, -0.25) is 0 Å². The van der Waals surface area contributed by atoms with Gasteiger partial charge in [0.2, 0.25) is 0 Å². The molecule has 2 aromatic carbocycles. The summed E-state index contributed by atoms with van der Waals surface area (Å²) in [4.78, 5) is 0. The predicted molar refractivity (Wildman–Crippen MR) is 145 cm³/mol. The zero-order chi connectivity index (χ0) is 21.7. The number of benzene rings is 2. The minimum atomic E-state index is -0.0313. The van der Waals surface area contributed by atoms with Crippen LogP contribution in [0.15, 0.2) is 22.6 Å². The number of aryl methyl sites for hydroxylation is 1. The van der Waals surface area contributed by atoms with Crippen molar-refractivity contribution in [2.45, 2.75) is 46.5 Å². The van der Waals surface area contributed by atoms with Gasteiger partial charge in [-0.05, 0) is 36.0 Å². The van der Waals surface area contributed by atoms with Crippen LogP contribution in [-0.4, -0.2) is 39.2 Å². The Hall–Kier alpha value is -1.96. The Kier molecular flexibility index (Phi) is 5.78. The molecule has 144 valence electrons. The zero-order valence-corrected chi connectivity index (χ0v) is 19.9. The van der Waals surface area contributed by atoms with Gasteiger partial charge in [0.05, 0.1) is 0 Å². The summed E-state index contributed by atoms with van der Waals surface area (Å²) in [5.74, 6) is 0.998. The van der Waals surface area contributed by atoms with Crippen molar-refractivity contribution in [1.82, 2.24) is 0 Å². The number of hydrogen-bond donors (Lipinski definition) is 0. The lowest BCUT2D eigenvalue weighted by atomic mass is 9.59. The lowest BCUT2D eigenvalue weighted by Gasteiger charge is -2.27. The normalized spacial score (nSPS) is 12.3. The van der Waals surface area contributed by atoms with Gasteiger partial charge in [-0.25, -0.2) is 0 Å². The van der Waals surface area contributed by atoms with E-state index < -0.39 is 0 Å². The van der Waals surface area contributed by atoms with E-state index in [4.69, 9.17) is 4.42 Å². The van der Waals surface area contributed by atoms with Gasteiger partial charge in [0.25, 0.3) is 0 Å². The maximum atomic E-state index is 6.53. The van der Waals surface area contributed by atoms with Crippen LogP contribution in [0, 0.1) is 0 Å². The average molecular weight is 378 g/mol. The molecule has 3 rings (SSSR count). The van der Waals surface area contributed by atoms with Crippen molar-refractivity contribution >= 4 is 83.6 Å². The van der Waals surface area contributed by atoms with Crippen LogP contribution in [0.2, 0.25) is 0 Å². The summed E-state index contributed by atoms with van der Waals surface area (Å²) in [5, 5.41) is 1.25. The molecule has 0 amide bonds. The van der Waals surface area contributed by atoms with E-state index in [0.717, 1.165) is 17.8 Å². The molecule has 0 aliphatic heterocycles. The summed E-state index contributed by atoms with van der Waals surface area (Å²) in [6.07, 6.45) is 5.13. The van der Waals surface area contributed by atoms with Crippen molar-refractivity contribution in [1.29, 1.82) is 0 Å². The summed E-state index contributed by atoms with van der Waals surface area (Å²) >= 11 is 0. The largest absolute Gasteiger partial charge is 0.456 e. The number of rotatable bonds is 3. The maximum Gasteiger partial charge on any atom is 0.139 e. The molecule has 0 radical (unpaired) electrons. The Labute approximate surface area is 180 Å². The Bertz CT molecular complexity index is 1100. The Balaban J connectivity index is 2.52. The monoisotopic (exact) mass is 378 g/mol. The highest BCUT2D eigenvalue weighted by atomic mass is 16.3. The third-order valence-electron chi connectivity index (χ3n) is 6.68. The molecule has 0 fully saturated rings. The van der Waals surface area contributed by atoms with Crippen molar-refractivity contribution in [3.05, 3.63) is 35.1 Å². The molecule has 0 unspecified atom stereocenters. The molecule has 0 bridgehead atoms. The lowest BCUT2D eigenvalue weighted by Crippen LogP contribution is -2.55. The van der Waals surface area contributed by atoms with Gasteiger partial charge in [0.15, 0.2) is 0 Å². The molecule has 0 atom stereocenters. The first-order valence-corrected chi connectivity index (χ1v) is 10.8. The topological polar surface area (TPSA) is 13.1 Å². The highest BCUT2D eigenvalue weighted by molar-refractivity contribution is 6.68. The van der Waals surface area contributed by atoms with Gasteiger partial charge in [0, 0.05) is 16.5 Å². The third-order valence-corrected chi connectivity index (χ3v) is 6.68. The van der Waals surface area contributed by atoms with Crippen LogP contribution < -0.4 is 27.3 Å². The van der Waals surface area contributed by atoms with E-state index in [9.17, 15) is 0 Å². The van der Waals surface area contributed by atoms with E-state index in [-0.39, 0.29) is 5.41 Å². The first-order chi connectivity index (χ1) is 13.5. The van der Waals surface area contributed by atoms with Crippen LogP contribution in [0.1, 0.15) is 51.5 Å². The van der Waals surface area contributed by atoms with E-state index in [1.807, 2.05) is 6.92 Å². The number of hydrogen-bond acceptors (Lipinski definition) is 1. The van der Waals surface area contributed by atoms with E-state index >= 15 is 0 Å². The Morgan fingerprint density at radius 2 is 1.45 bits per heavy atom. The summed E-state index contributed by atoms with van der Waals surface area (Å²) in [7, 11) is 11.3. The van der Waals surface area contributed by atoms with Crippen molar-refractivity contribution in [3.63, 3.8) is 0 Å². The van der Waals surface area contributed by atoms with E-state index in [2.05, 4.69) is 91.2 Å². The average Bonchev–Trinajstić information content (AvgIpc) is 3.01. The maximum absolute atomic E-state index is 6.53. The third kappa shape index (κ3) is 3.45. The van der Waals surface area contributed by atoms with Crippen LogP contribution in [-0.2, 0) is 11.8 Å². The second kappa shape index (κ2) is 7.71. The van der Waals surface area contributed by atoms with Crippen molar-refractivity contribution < 1.29 is 4.42 Å². The molecular formula is C23H31B5O. The molecule has 1 nitrogen and oxygen atoms in total. The molecule has 29 heavy (non-hydrogen) atoms. The van der Waals surface area contributed by atoms with Crippen molar-refractivity contribution in [2.75, 3.05) is 0 Å². The minimum Gasteiger partial charge on any atom is -0.456 e. The SMILES string of the molecule is Bc1c(B)c(B)c(-c2ccc3c(CC)c(/C=C\C)oc3c2C(C)(C)C)c(B)c1B. The molecule has 0 aliphatic rings. The van der Waals surface area contributed by atoms with Crippen LogP contribution in [0.3, 0.4) is 0 Å². The standard InChI is InChI=1S/C23H31B5O/c1-6-8-14-11(7-2)12-9-10-13(16(22(12)29-14)23(3,4)5)15-17(24)19(26)21(28)20(27)18(15)25/h6,8-10H,7,24-28H2,1-5H3/b8-6-. The van der Waals surface area contributed by atoms with Crippen LogP contribution >= 0.6 is 0 Å². The molecule has 6 heteroatoms. The lowest BCUT2D eigenvalue weighted by molar-refractivity contribution is 0.554. The van der Waals surface area contributed by atoms with Crippen molar-refractivity contribution in [3.8, 4) is 11.1 Å². The van der Waals surface area contributed by atoms with Crippen LogP contribution in [0.25, 0.3) is 28.2 Å².